The number of hydrogen-bond donors (Lipinski definition) is 2. The van der Waals surface area contributed by atoms with Crippen molar-refractivity contribution in [2.75, 3.05) is 20.6 Å². The van der Waals surface area contributed by atoms with Crippen LogP contribution in [0.1, 0.15) is 29.5 Å². The Bertz CT molecular complexity index is 805. The zero-order chi connectivity index (χ0) is 17.2. The largest absolute Gasteiger partial charge is 0.458 e. The van der Waals surface area contributed by atoms with E-state index in [2.05, 4.69) is 14.9 Å². The van der Waals surface area contributed by atoms with E-state index in [1.807, 2.05) is 6.92 Å². The second-order valence-electron chi connectivity index (χ2n) is 5.29. The zero-order valence-electron chi connectivity index (χ0n) is 13.5. The van der Waals surface area contributed by atoms with Gasteiger partial charge in [0.15, 0.2) is 5.76 Å². The molecule has 0 saturated carbocycles. The summed E-state index contributed by atoms with van der Waals surface area (Å²) in [6.07, 6.45) is 2.07. The average Bonchev–Trinajstić information content (AvgIpc) is 3.10. The van der Waals surface area contributed by atoms with E-state index in [0.717, 1.165) is 0 Å². The van der Waals surface area contributed by atoms with Gasteiger partial charge in [0.1, 0.15) is 16.3 Å². The lowest BCUT2D eigenvalue weighted by Gasteiger charge is -2.08. The van der Waals surface area contributed by atoms with Crippen molar-refractivity contribution in [1.82, 2.24) is 19.8 Å². The van der Waals surface area contributed by atoms with Crippen molar-refractivity contribution < 1.29 is 17.6 Å². The number of H-pyrrole nitrogens is 1. The number of furan rings is 1. The molecule has 2 heterocycles. The minimum atomic E-state index is -3.65. The summed E-state index contributed by atoms with van der Waals surface area (Å²) in [7, 11) is -0.402. The quantitative estimate of drug-likeness (QED) is 0.825. The molecule has 0 aliphatic carbocycles. The summed E-state index contributed by atoms with van der Waals surface area (Å²) < 4.78 is 32.5. The molecular formula is C14H20N4O4S. The van der Waals surface area contributed by atoms with Gasteiger partial charge in [0.05, 0.1) is 11.8 Å². The van der Waals surface area contributed by atoms with Crippen LogP contribution < -0.4 is 4.72 Å². The number of carbonyl (C=O) groups is 1. The zero-order valence-corrected chi connectivity index (χ0v) is 14.3. The van der Waals surface area contributed by atoms with E-state index in [1.54, 1.807) is 21.0 Å². The third-order valence-electron chi connectivity index (χ3n) is 3.23. The van der Waals surface area contributed by atoms with Gasteiger partial charge in [-0.05, 0) is 13.3 Å². The topological polar surface area (TPSA) is 108 Å². The van der Waals surface area contributed by atoms with Crippen LogP contribution in [-0.2, 0) is 10.0 Å². The van der Waals surface area contributed by atoms with Crippen LogP contribution in [0.3, 0.4) is 0 Å². The van der Waals surface area contributed by atoms with Gasteiger partial charge in [-0.1, -0.05) is 6.92 Å². The third kappa shape index (κ3) is 3.45. The lowest BCUT2D eigenvalue weighted by Crippen LogP contribution is -2.24. The SMILES string of the molecule is CCCNS(=O)(=O)c1cc(-c2[nH]ncc2C(=O)N(C)C)oc1C. The van der Waals surface area contributed by atoms with E-state index < -0.39 is 10.0 Å². The van der Waals surface area contributed by atoms with Gasteiger partial charge in [-0.25, -0.2) is 13.1 Å². The van der Waals surface area contributed by atoms with Gasteiger partial charge in [0, 0.05) is 26.7 Å². The lowest BCUT2D eigenvalue weighted by atomic mass is 10.2. The highest BCUT2D eigenvalue weighted by molar-refractivity contribution is 7.89. The number of nitrogens with one attached hydrogen (secondary N) is 2. The molecule has 0 unspecified atom stereocenters. The Labute approximate surface area is 134 Å². The minimum absolute atomic E-state index is 0.0544. The monoisotopic (exact) mass is 340 g/mol. The van der Waals surface area contributed by atoms with Crippen LogP contribution in [0.2, 0.25) is 0 Å². The number of amides is 1. The summed E-state index contributed by atoms with van der Waals surface area (Å²) in [5.41, 5.74) is 0.665. The van der Waals surface area contributed by atoms with Crippen molar-refractivity contribution in [3.8, 4) is 11.5 Å². The maximum absolute atomic E-state index is 12.2. The average molecular weight is 340 g/mol. The molecule has 0 saturated heterocycles. The molecular weight excluding hydrogens is 320 g/mol. The van der Waals surface area contributed by atoms with Crippen LogP contribution in [0.15, 0.2) is 21.6 Å². The Kier molecular flexibility index (Phi) is 4.90. The maximum atomic E-state index is 12.2. The predicted molar refractivity (Wildman–Crippen MR) is 84.5 cm³/mol. The normalized spacial score (nSPS) is 11.7. The molecule has 0 bridgehead atoms. The van der Waals surface area contributed by atoms with Crippen molar-refractivity contribution >= 4 is 15.9 Å². The van der Waals surface area contributed by atoms with Gasteiger partial charge in [-0.15, -0.1) is 0 Å². The summed E-state index contributed by atoms with van der Waals surface area (Å²) in [5.74, 6) is 0.250. The van der Waals surface area contributed by atoms with Crippen LogP contribution in [0.5, 0.6) is 0 Å². The smallest absolute Gasteiger partial charge is 0.257 e. The molecule has 0 atom stereocenters. The first-order chi connectivity index (χ1) is 10.8. The molecule has 126 valence electrons. The maximum Gasteiger partial charge on any atom is 0.257 e. The standard InChI is InChI=1S/C14H20N4O4S/c1-5-6-16-23(20,21)12-7-11(22-9(12)2)13-10(8-15-17-13)14(19)18(3)4/h7-8,16H,5-6H2,1-4H3,(H,15,17). The minimum Gasteiger partial charge on any atom is -0.458 e. The van der Waals surface area contributed by atoms with Crippen molar-refractivity contribution in [2.45, 2.75) is 25.2 Å². The van der Waals surface area contributed by atoms with E-state index >= 15 is 0 Å². The highest BCUT2D eigenvalue weighted by atomic mass is 32.2. The predicted octanol–water partition coefficient (Wildman–Crippen LogP) is 1.37. The van der Waals surface area contributed by atoms with Crippen molar-refractivity contribution in [3.63, 3.8) is 0 Å². The van der Waals surface area contributed by atoms with Crippen LogP contribution in [0.4, 0.5) is 0 Å². The van der Waals surface area contributed by atoms with Crippen LogP contribution in [0, 0.1) is 6.92 Å². The summed E-state index contributed by atoms with van der Waals surface area (Å²) in [6, 6.07) is 1.40. The first-order valence-corrected chi connectivity index (χ1v) is 8.61. The fourth-order valence-electron chi connectivity index (χ4n) is 2.05. The Morgan fingerprint density at radius 1 is 1.43 bits per heavy atom. The molecule has 1 amide bonds. The molecule has 0 radical (unpaired) electrons. The molecule has 8 nitrogen and oxygen atoms in total. The number of sulfonamides is 1. The van der Waals surface area contributed by atoms with Gasteiger partial charge in [-0.2, -0.15) is 5.10 Å². The fourth-order valence-corrected chi connectivity index (χ4v) is 3.36. The summed E-state index contributed by atoms with van der Waals surface area (Å²) in [5, 5.41) is 6.54. The molecule has 0 aromatic carbocycles. The van der Waals surface area contributed by atoms with Gasteiger partial charge < -0.3 is 9.32 Å². The van der Waals surface area contributed by atoms with Crippen molar-refractivity contribution in [3.05, 3.63) is 23.6 Å². The van der Waals surface area contributed by atoms with Gasteiger partial charge in [-0.3, -0.25) is 9.89 Å². The Morgan fingerprint density at radius 2 is 2.13 bits per heavy atom. The van der Waals surface area contributed by atoms with E-state index in [9.17, 15) is 13.2 Å². The number of aryl methyl sites for hydroxylation is 1. The van der Waals surface area contributed by atoms with Gasteiger partial charge in [0.2, 0.25) is 10.0 Å². The lowest BCUT2D eigenvalue weighted by molar-refractivity contribution is 0.0828. The highest BCUT2D eigenvalue weighted by Gasteiger charge is 2.25. The Hall–Kier alpha value is -2.13. The summed E-state index contributed by atoms with van der Waals surface area (Å²) >= 11 is 0. The molecule has 0 fully saturated rings. The molecule has 9 heteroatoms. The molecule has 0 aliphatic heterocycles. The van der Waals surface area contributed by atoms with Crippen molar-refractivity contribution in [1.29, 1.82) is 0 Å². The summed E-state index contributed by atoms with van der Waals surface area (Å²) in [6.45, 7) is 3.78. The van der Waals surface area contributed by atoms with Gasteiger partial charge in [0.25, 0.3) is 5.91 Å². The molecule has 2 aromatic heterocycles. The molecule has 2 aromatic rings. The number of hydrogen-bond acceptors (Lipinski definition) is 5. The first-order valence-electron chi connectivity index (χ1n) is 7.13. The fraction of sp³-hybridized carbons (Fsp3) is 0.429. The van der Waals surface area contributed by atoms with Crippen LogP contribution >= 0.6 is 0 Å². The van der Waals surface area contributed by atoms with E-state index in [-0.39, 0.29) is 22.3 Å². The highest BCUT2D eigenvalue weighted by Crippen LogP contribution is 2.29. The number of rotatable bonds is 6. The van der Waals surface area contributed by atoms with E-state index in [0.29, 0.717) is 24.2 Å². The number of aromatic amines is 1. The van der Waals surface area contributed by atoms with Crippen LogP contribution in [-0.4, -0.2) is 50.1 Å². The molecule has 23 heavy (non-hydrogen) atoms. The van der Waals surface area contributed by atoms with E-state index in [4.69, 9.17) is 4.42 Å². The first kappa shape index (κ1) is 17.2. The third-order valence-corrected chi connectivity index (χ3v) is 4.79. The molecule has 0 spiro atoms. The second-order valence-corrected chi connectivity index (χ2v) is 7.02. The van der Waals surface area contributed by atoms with Crippen LogP contribution in [0.25, 0.3) is 11.5 Å². The second kappa shape index (κ2) is 6.55. The Balaban J connectivity index is 2.43. The number of nitrogens with zero attached hydrogens (tertiary/aromatic N) is 2. The molecule has 2 N–H and O–H groups in total. The van der Waals surface area contributed by atoms with Gasteiger partial charge >= 0.3 is 0 Å². The Morgan fingerprint density at radius 3 is 2.74 bits per heavy atom. The number of carbonyl (C=O) groups excluding carboxylic acids is 1. The van der Waals surface area contributed by atoms with Crippen molar-refractivity contribution in [2.24, 2.45) is 0 Å². The number of aromatic nitrogens is 2. The van der Waals surface area contributed by atoms with E-state index in [1.165, 1.54) is 17.2 Å². The molecule has 2 rings (SSSR count). The summed E-state index contributed by atoms with van der Waals surface area (Å²) in [4.78, 5) is 13.6. The molecule has 0 aliphatic rings.